The normalized spacial score (nSPS) is 29.2. The first kappa shape index (κ1) is 16.0. The lowest BCUT2D eigenvalue weighted by Crippen LogP contribution is -2.43. The highest BCUT2D eigenvalue weighted by atomic mass is 16.5. The number of unbranched alkanes of at least 4 members (excludes halogenated alkanes) is 1. The van der Waals surface area contributed by atoms with Gasteiger partial charge in [0, 0.05) is 6.61 Å². The van der Waals surface area contributed by atoms with Gasteiger partial charge in [-0.25, -0.2) is 0 Å². The van der Waals surface area contributed by atoms with Gasteiger partial charge < -0.3 is 14.9 Å². The molecule has 0 heterocycles. The molecule has 0 amide bonds. The summed E-state index contributed by atoms with van der Waals surface area (Å²) in [7, 11) is 0. The largest absolute Gasteiger partial charge is 0.481 e. The van der Waals surface area contributed by atoms with Crippen LogP contribution in [0.25, 0.3) is 0 Å². The third-order valence-electron chi connectivity index (χ3n) is 4.78. The molecule has 110 valence electrons. The minimum Gasteiger partial charge on any atom is -0.481 e. The Morgan fingerprint density at radius 2 is 1.89 bits per heavy atom. The molecule has 0 radical (unpaired) electrons. The van der Waals surface area contributed by atoms with E-state index in [0.29, 0.717) is 25.7 Å². The molecule has 2 N–H and O–H groups in total. The van der Waals surface area contributed by atoms with Crippen LogP contribution in [0.5, 0.6) is 0 Å². The number of aliphatic hydroxyl groups excluding tert-OH is 1. The number of esters is 1. The Balaban J connectivity index is 2.65. The Morgan fingerprint density at radius 1 is 1.26 bits per heavy atom. The molecule has 5 nitrogen and oxygen atoms in total. The number of carboxylic acid groups (broad SMARTS) is 1. The predicted octanol–water partition coefficient (Wildman–Crippen LogP) is 1.83. The van der Waals surface area contributed by atoms with Gasteiger partial charge in [0.15, 0.2) is 0 Å². The van der Waals surface area contributed by atoms with Crippen LogP contribution in [0.3, 0.4) is 0 Å². The van der Waals surface area contributed by atoms with Gasteiger partial charge in [-0.1, -0.05) is 13.8 Å². The van der Waals surface area contributed by atoms with E-state index in [4.69, 9.17) is 9.84 Å². The summed E-state index contributed by atoms with van der Waals surface area (Å²) in [6.45, 7) is 5.73. The Kier molecular flexibility index (Phi) is 4.96. The molecule has 0 aliphatic heterocycles. The van der Waals surface area contributed by atoms with Crippen LogP contribution in [0.1, 0.15) is 46.5 Å². The van der Waals surface area contributed by atoms with E-state index in [0.717, 1.165) is 0 Å². The summed E-state index contributed by atoms with van der Waals surface area (Å²) in [5.41, 5.74) is -1.51. The molecule has 0 spiro atoms. The molecule has 0 aromatic heterocycles. The molecule has 0 unspecified atom stereocenters. The molecule has 1 rings (SSSR count). The number of rotatable bonds is 6. The van der Waals surface area contributed by atoms with Crippen molar-refractivity contribution in [2.75, 3.05) is 13.2 Å². The SMILES string of the molecule is CC1(C)[C@@H](C(=O)OCCCCO)CC[C@@]1(C)C(=O)O. The third-order valence-corrected chi connectivity index (χ3v) is 4.78. The van der Waals surface area contributed by atoms with E-state index in [9.17, 15) is 14.7 Å². The van der Waals surface area contributed by atoms with Gasteiger partial charge in [-0.15, -0.1) is 0 Å². The van der Waals surface area contributed by atoms with Crippen molar-refractivity contribution in [3.05, 3.63) is 0 Å². The number of hydrogen-bond donors (Lipinski definition) is 2. The van der Waals surface area contributed by atoms with Gasteiger partial charge in [-0.05, 0) is 38.0 Å². The van der Waals surface area contributed by atoms with Crippen molar-refractivity contribution in [1.82, 2.24) is 0 Å². The minimum absolute atomic E-state index is 0.0869. The predicted molar refractivity (Wildman–Crippen MR) is 69.5 cm³/mol. The zero-order valence-corrected chi connectivity index (χ0v) is 11.9. The van der Waals surface area contributed by atoms with Gasteiger partial charge in [0.2, 0.25) is 0 Å². The molecular weight excluding hydrogens is 248 g/mol. The fraction of sp³-hybridized carbons (Fsp3) is 0.857. The van der Waals surface area contributed by atoms with Crippen LogP contribution in [0, 0.1) is 16.7 Å². The molecule has 0 saturated heterocycles. The second-order valence-corrected chi connectivity index (χ2v) is 6.05. The summed E-state index contributed by atoms with van der Waals surface area (Å²) in [6.07, 6.45) is 2.28. The summed E-state index contributed by atoms with van der Waals surface area (Å²) in [6, 6.07) is 0. The number of ether oxygens (including phenoxy) is 1. The van der Waals surface area contributed by atoms with E-state index < -0.39 is 16.8 Å². The molecular formula is C14H24O5. The standard InChI is InChI=1S/C14H24O5/c1-13(2)10(6-7-14(13,3)12(17)18)11(16)19-9-5-4-8-15/h10,15H,4-9H2,1-3H3,(H,17,18)/t10-,14+/m1/s1. The van der Waals surface area contributed by atoms with Crippen molar-refractivity contribution in [3.63, 3.8) is 0 Å². The highest BCUT2D eigenvalue weighted by Crippen LogP contribution is 2.56. The van der Waals surface area contributed by atoms with E-state index in [1.54, 1.807) is 6.92 Å². The van der Waals surface area contributed by atoms with Gasteiger partial charge in [0.1, 0.15) is 0 Å². The van der Waals surface area contributed by atoms with E-state index in [2.05, 4.69) is 0 Å². The van der Waals surface area contributed by atoms with E-state index in [-0.39, 0.29) is 25.1 Å². The first-order chi connectivity index (χ1) is 8.77. The number of carbonyl (C=O) groups is 2. The Hall–Kier alpha value is -1.10. The van der Waals surface area contributed by atoms with Crippen molar-refractivity contribution in [2.24, 2.45) is 16.7 Å². The molecule has 1 aliphatic carbocycles. The smallest absolute Gasteiger partial charge is 0.309 e. The van der Waals surface area contributed by atoms with Crippen LogP contribution in [-0.2, 0) is 14.3 Å². The van der Waals surface area contributed by atoms with Crippen LogP contribution in [-0.4, -0.2) is 35.4 Å². The lowest BCUT2D eigenvalue weighted by molar-refractivity contribution is -0.160. The number of hydrogen-bond acceptors (Lipinski definition) is 4. The van der Waals surface area contributed by atoms with Gasteiger partial charge >= 0.3 is 11.9 Å². The summed E-state index contributed by atoms with van der Waals surface area (Å²) in [5.74, 6) is -1.54. The topological polar surface area (TPSA) is 83.8 Å². The Morgan fingerprint density at radius 3 is 2.37 bits per heavy atom. The molecule has 1 fully saturated rings. The maximum Gasteiger partial charge on any atom is 0.309 e. The average molecular weight is 272 g/mol. The number of carboxylic acids is 1. The zero-order valence-electron chi connectivity index (χ0n) is 11.9. The average Bonchev–Trinajstić information content (AvgIpc) is 2.57. The maximum atomic E-state index is 12.1. The summed E-state index contributed by atoms with van der Waals surface area (Å²) in [4.78, 5) is 23.5. The molecule has 0 aromatic carbocycles. The molecule has 0 bridgehead atoms. The zero-order chi connectivity index (χ0) is 14.7. The van der Waals surface area contributed by atoms with Crippen molar-refractivity contribution in [2.45, 2.75) is 46.5 Å². The first-order valence-electron chi connectivity index (χ1n) is 6.78. The number of aliphatic carboxylic acids is 1. The quantitative estimate of drug-likeness (QED) is 0.569. The maximum absolute atomic E-state index is 12.1. The minimum atomic E-state index is -0.887. The van der Waals surface area contributed by atoms with Crippen LogP contribution in [0.2, 0.25) is 0 Å². The summed E-state index contributed by atoms with van der Waals surface area (Å²) in [5, 5.41) is 18.0. The second kappa shape index (κ2) is 5.90. The number of aliphatic hydroxyl groups is 1. The molecule has 2 atom stereocenters. The fourth-order valence-corrected chi connectivity index (χ4v) is 2.78. The van der Waals surface area contributed by atoms with E-state index in [1.165, 1.54) is 0 Å². The van der Waals surface area contributed by atoms with Gasteiger partial charge in [0.25, 0.3) is 0 Å². The molecule has 1 aliphatic rings. The highest BCUT2D eigenvalue weighted by molar-refractivity contribution is 5.80. The Bertz CT molecular complexity index is 350. The summed E-state index contributed by atoms with van der Waals surface area (Å²) >= 11 is 0. The lowest BCUT2D eigenvalue weighted by atomic mass is 9.66. The first-order valence-corrected chi connectivity index (χ1v) is 6.78. The Labute approximate surface area is 114 Å². The third kappa shape index (κ3) is 2.91. The van der Waals surface area contributed by atoms with Gasteiger partial charge in [-0.3, -0.25) is 9.59 Å². The van der Waals surface area contributed by atoms with Crippen LogP contribution < -0.4 is 0 Å². The van der Waals surface area contributed by atoms with Crippen molar-refractivity contribution < 1.29 is 24.5 Å². The second-order valence-electron chi connectivity index (χ2n) is 6.05. The highest BCUT2D eigenvalue weighted by Gasteiger charge is 2.58. The number of carbonyl (C=O) groups excluding carboxylic acids is 1. The van der Waals surface area contributed by atoms with Crippen molar-refractivity contribution >= 4 is 11.9 Å². The fourth-order valence-electron chi connectivity index (χ4n) is 2.78. The lowest BCUT2D eigenvalue weighted by Gasteiger charge is -2.37. The molecule has 1 saturated carbocycles. The molecule has 5 heteroatoms. The van der Waals surface area contributed by atoms with Crippen molar-refractivity contribution in [1.29, 1.82) is 0 Å². The molecule has 0 aromatic rings. The van der Waals surface area contributed by atoms with Crippen molar-refractivity contribution in [3.8, 4) is 0 Å². The van der Waals surface area contributed by atoms with Gasteiger partial charge in [-0.2, -0.15) is 0 Å². The van der Waals surface area contributed by atoms with Crippen LogP contribution in [0.4, 0.5) is 0 Å². The molecule has 19 heavy (non-hydrogen) atoms. The van der Waals surface area contributed by atoms with E-state index in [1.807, 2.05) is 13.8 Å². The van der Waals surface area contributed by atoms with E-state index >= 15 is 0 Å². The van der Waals surface area contributed by atoms with Crippen LogP contribution >= 0.6 is 0 Å². The summed E-state index contributed by atoms with van der Waals surface area (Å²) < 4.78 is 5.19. The van der Waals surface area contributed by atoms with Gasteiger partial charge in [0.05, 0.1) is 17.9 Å². The monoisotopic (exact) mass is 272 g/mol. The van der Waals surface area contributed by atoms with Crippen LogP contribution in [0.15, 0.2) is 0 Å².